The van der Waals surface area contributed by atoms with Gasteiger partial charge in [0.15, 0.2) is 0 Å². The average molecular weight is 193 g/mol. The fourth-order valence-corrected chi connectivity index (χ4v) is 1.18. The first-order valence-corrected chi connectivity index (χ1v) is 3.82. The Labute approximate surface area is 75.3 Å². The monoisotopic (exact) mass is 192 g/mol. The van der Waals surface area contributed by atoms with Gasteiger partial charge in [-0.1, -0.05) is 11.6 Å². The van der Waals surface area contributed by atoms with Crippen LogP contribution in [0.5, 0.6) is 0 Å². The van der Waals surface area contributed by atoms with Crippen LogP contribution in [0.4, 0.5) is 4.39 Å². The topological polar surface area (TPSA) is 33.6 Å². The number of hydrogen-bond acceptors (Lipinski definition) is 3. The molecule has 0 radical (unpaired) electrons. The van der Waals surface area contributed by atoms with Crippen molar-refractivity contribution in [3.63, 3.8) is 0 Å². The standard InChI is InChI=1S/C7H10ClFN2O/c1-4-5(9)6(12-3)11-7(2,8)10-4/h10H,1-3H3. The first kappa shape index (κ1) is 9.32. The van der Waals surface area contributed by atoms with Crippen LogP contribution in [0.3, 0.4) is 0 Å². The summed E-state index contributed by atoms with van der Waals surface area (Å²) in [5.41, 5.74) is 0.333. The van der Waals surface area contributed by atoms with Crippen LogP contribution >= 0.6 is 11.6 Å². The van der Waals surface area contributed by atoms with E-state index in [0.29, 0.717) is 5.70 Å². The van der Waals surface area contributed by atoms with E-state index in [1.165, 1.54) is 7.11 Å². The largest absolute Gasteiger partial charge is 0.479 e. The second-order valence-electron chi connectivity index (χ2n) is 2.64. The normalized spacial score (nSPS) is 29.6. The van der Waals surface area contributed by atoms with Crippen molar-refractivity contribution in [2.75, 3.05) is 7.11 Å². The zero-order valence-corrected chi connectivity index (χ0v) is 7.87. The van der Waals surface area contributed by atoms with E-state index < -0.39 is 10.9 Å². The number of halogens is 2. The van der Waals surface area contributed by atoms with E-state index in [0.717, 1.165) is 0 Å². The molecule has 0 bridgehead atoms. The van der Waals surface area contributed by atoms with Gasteiger partial charge in [-0.25, -0.2) is 4.99 Å². The minimum absolute atomic E-state index is 0.0660. The van der Waals surface area contributed by atoms with Gasteiger partial charge in [-0.3, -0.25) is 0 Å². The lowest BCUT2D eigenvalue weighted by Crippen LogP contribution is -2.39. The highest BCUT2D eigenvalue weighted by Gasteiger charge is 2.28. The average Bonchev–Trinajstić information content (AvgIpc) is 1.96. The quantitative estimate of drug-likeness (QED) is 0.469. The van der Waals surface area contributed by atoms with Crippen LogP contribution in [0.1, 0.15) is 13.8 Å². The van der Waals surface area contributed by atoms with Crippen LogP contribution in [-0.4, -0.2) is 18.1 Å². The van der Waals surface area contributed by atoms with Gasteiger partial charge >= 0.3 is 0 Å². The fraction of sp³-hybridized carbons (Fsp3) is 0.571. The maximum atomic E-state index is 13.1. The lowest BCUT2D eigenvalue weighted by Gasteiger charge is -2.26. The Hall–Kier alpha value is -0.770. The second kappa shape index (κ2) is 2.94. The number of alkyl halides is 1. The van der Waals surface area contributed by atoms with Crippen molar-refractivity contribution in [2.24, 2.45) is 4.99 Å². The summed E-state index contributed by atoms with van der Waals surface area (Å²) in [5.74, 6) is -0.570. The molecule has 1 N–H and O–H groups in total. The van der Waals surface area contributed by atoms with Gasteiger partial charge in [0, 0.05) is 0 Å². The Kier molecular flexibility index (Phi) is 2.28. The van der Waals surface area contributed by atoms with Gasteiger partial charge < -0.3 is 10.1 Å². The molecule has 12 heavy (non-hydrogen) atoms. The van der Waals surface area contributed by atoms with E-state index in [1.54, 1.807) is 13.8 Å². The molecule has 0 amide bonds. The number of rotatable bonds is 0. The lowest BCUT2D eigenvalue weighted by molar-refractivity contribution is 0.367. The van der Waals surface area contributed by atoms with E-state index in [1.807, 2.05) is 0 Å². The van der Waals surface area contributed by atoms with Crippen LogP contribution in [0.25, 0.3) is 0 Å². The zero-order valence-electron chi connectivity index (χ0n) is 7.11. The predicted molar refractivity (Wildman–Crippen MR) is 45.6 cm³/mol. The number of allylic oxidation sites excluding steroid dienone is 1. The summed E-state index contributed by atoms with van der Waals surface area (Å²) in [6, 6.07) is 0. The number of aliphatic imine (C=N–C) groups is 1. The zero-order chi connectivity index (χ0) is 9.35. The van der Waals surface area contributed by atoms with Gasteiger partial charge in [-0.2, -0.15) is 4.39 Å². The van der Waals surface area contributed by atoms with Gasteiger partial charge in [0.1, 0.15) is 0 Å². The second-order valence-corrected chi connectivity index (χ2v) is 3.37. The van der Waals surface area contributed by atoms with Crippen molar-refractivity contribution in [1.82, 2.24) is 5.32 Å². The molecule has 0 saturated carbocycles. The molecular formula is C7H10ClFN2O. The third kappa shape index (κ3) is 1.69. The molecule has 5 heteroatoms. The van der Waals surface area contributed by atoms with E-state index >= 15 is 0 Å². The molecule has 1 aliphatic rings. The molecule has 1 unspecified atom stereocenters. The van der Waals surface area contributed by atoms with E-state index in [9.17, 15) is 4.39 Å². The lowest BCUT2D eigenvalue weighted by atomic mass is 10.3. The third-order valence-electron chi connectivity index (χ3n) is 1.44. The molecule has 68 valence electrons. The summed E-state index contributed by atoms with van der Waals surface area (Å²) >= 11 is 5.83. The first-order valence-electron chi connectivity index (χ1n) is 3.44. The number of nitrogens with one attached hydrogen (secondary N) is 1. The highest BCUT2D eigenvalue weighted by atomic mass is 35.5. The van der Waals surface area contributed by atoms with Crippen molar-refractivity contribution < 1.29 is 9.13 Å². The minimum Gasteiger partial charge on any atom is -0.479 e. The number of hydrogen-bond donors (Lipinski definition) is 1. The maximum absolute atomic E-state index is 13.1. The fourth-order valence-electron chi connectivity index (χ4n) is 0.960. The maximum Gasteiger partial charge on any atom is 0.250 e. The van der Waals surface area contributed by atoms with E-state index in [-0.39, 0.29) is 5.90 Å². The highest BCUT2D eigenvalue weighted by molar-refractivity contribution is 6.24. The third-order valence-corrected chi connectivity index (χ3v) is 1.62. The number of methoxy groups -OCH3 is 1. The summed E-state index contributed by atoms with van der Waals surface area (Å²) in [7, 11) is 1.35. The molecule has 0 aliphatic carbocycles. The Morgan fingerprint density at radius 2 is 2.25 bits per heavy atom. The molecule has 1 rings (SSSR count). The molecule has 0 saturated heterocycles. The SMILES string of the molecule is COC1=NC(C)(Cl)NC(C)=C1F. The highest BCUT2D eigenvalue weighted by Crippen LogP contribution is 2.23. The van der Waals surface area contributed by atoms with Crippen molar-refractivity contribution in [2.45, 2.75) is 19.0 Å². The molecule has 0 fully saturated rings. The van der Waals surface area contributed by atoms with E-state index in [2.05, 4.69) is 10.3 Å². The molecule has 0 aromatic rings. The van der Waals surface area contributed by atoms with Gasteiger partial charge in [-0.15, -0.1) is 0 Å². The molecular weight excluding hydrogens is 183 g/mol. The Morgan fingerprint density at radius 3 is 2.75 bits per heavy atom. The Morgan fingerprint density at radius 1 is 1.67 bits per heavy atom. The summed E-state index contributed by atoms with van der Waals surface area (Å²) in [4.78, 5) is 3.78. The van der Waals surface area contributed by atoms with Crippen LogP contribution in [0.15, 0.2) is 16.5 Å². The van der Waals surface area contributed by atoms with Gasteiger partial charge in [-0.05, 0) is 13.8 Å². The molecule has 1 heterocycles. The smallest absolute Gasteiger partial charge is 0.250 e. The molecule has 1 atom stereocenters. The molecule has 0 spiro atoms. The van der Waals surface area contributed by atoms with Gasteiger partial charge in [0.05, 0.1) is 12.8 Å². The summed E-state index contributed by atoms with van der Waals surface area (Å²) in [6.07, 6.45) is 0. The van der Waals surface area contributed by atoms with Crippen LogP contribution in [0.2, 0.25) is 0 Å². The Bertz CT molecular complexity index is 260. The summed E-state index contributed by atoms with van der Waals surface area (Å²) in [6.45, 7) is 3.19. The summed E-state index contributed by atoms with van der Waals surface area (Å²) in [5, 5.41) is 1.66. The summed E-state index contributed by atoms with van der Waals surface area (Å²) < 4.78 is 17.8. The van der Waals surface area contributed by atoms with Crippen molar-refractivity contribution in [3.05, 3.63) is 11.5 Å². The number of nitrogens with zero attached hydrogens (tertiary/aromatic N) is 1. The first-order chi connectivity index (χ1) is 5.46. The van der Waals surface area contributed by atoms with Crippen LogP contribution in [-0.2, 0) is 4.74 Å². The van der Waals surface area contributed by atoms with Gasteiger partial charge in [0.25, 0.3) is 5.90 Å². The van der Waals surface area contributed by atoms with Crippen LogP contribution < -0.4 is 5.32 Å². The Balaban J connectivity index is 3.02. The molecule has 0 aromatic heterocycles. The van der Waals surface area contributed by atoms with Crippen molar-refractivity contribution in [3.8, 4) is 0 Å². The molecule has 1 aliphatic heterocycles. The molecule has 3 nitrogen and oxygen atoms in total. The number of ether oxygens (including phenoxy) is 1. The predicted octanol–water partition coefficient (Wildman–Crippen LogP) is 1.75. The van der Waals surface area contributed by atoms with Crippen molar-refractivity contribution >= 4 is 17.5 Å². The van der Waals surface area contributed by atoms with E-state index in [4.69, 9.17) is 16.3 Å². The van der Waals surface area contributed by atoms with Gasteiger partial charge in [0.2, 0.25) is 10.9 Å². The minimum atomic E-state index is -1.01. The van der Waals surface area contributed by atoms with Crippen LogP contribution in [0, 0.1) is 0 Å². The van der Waals surface area contributed by atoms with Crippen molar-refractivity contribution in [1.29, 1.82) is 0 Å². The molecule has 0 aromatic carbocycles.